The molecule has 7 heteroatoms. The topological polar surface area (TPSA) is 88.1 Å². The van der Waals surface area contributed by atoms with Crippen molar-refractivity contribution in [2.45, 2.75) is 44.2 Å². The van der Waals surface area contributed by atoms with Crippen LogP contribution < -0.4 is 4.89 Å². The number of hydrogen-bond donors (Lipinski definition) is 1. The molecule has 1 N–H and O–H groups in total. The second-order valence-corrected chi connectivity index (χ2v) is 6.07. The number of phosphoric acid groups is 1. The van der Waals surface area contributed by atoms with Gasteiger partial charge in [-0.1, -0.05) is 0 Å². The van der Waals surface area contributed by atoms with Gasteiger partial charge in [0.25, 0.3) is 7.82 Å². The van der Waals surface area contributed by atoms with Crippen LogP contribution in [-0.2, 0) is 18.3 Å². The summed E-state index contributed by atoms with van der Waals surface area (Å²) >= 11 is 0. The highest BCUT2D eigenvalue weighted by molar-refractivity contribution is 7.45. The Hall–Kier alpha value is 0.0300. The van der Waals surface area contributed by atoms with Crippen molar-refractivity contribution in [3.05, 3.63) is 0 Å². The molecule has 0 aliphatic carbocycles. The van der Waals surface area contributed by atoms with Gasteiger partial charge in [0.05, 0.1) is 12.2 Å². The molecule has 2 aliphatic rings. The van der Waals surface area contributed by atoms with Crippen LogP contribution in [0.25, 0.3) is 0 Å². The molecule has 0 saturated carbocycles. The third-order valence-electron chi connectivity index (χ3n) is 2.85. The molecular weight excluding hydrogens is 223 g/mol. The predicted octanol–water partition coefficient (Wildman–Crippen LogP) is -0.201. The van der Waals surface area contributed by atoms with E-state index in [4.69, 9.17) is 9.26 Å². The van der Waals surface area contributed by atoms with E-state index in [1.54, 1.807) is 20.8 Å². The fourth-order valence-electron chi connectivity index (χ4n) is 2.08. The van der Waals surface area contributed by atoms with Gasteiger partial charge in [-0.3, -0.25) is 4.57 Å². The number of ether oxygens (including phenoxy) is 1. The second-order valence-electron chi connectivity index (χ2n) is 4.71. The smallest absolute Gasteiger partial charge is 0.268 e. The molecule has 15 heavy (non-hydrogen) atoms. The molecule has 2 aliphatic heterocycles. The van der Waals surface area contributed by atoms with Crippen molar-refractivity contribution in [2.75, 3.05) is 6.61 Å². The highest BCUT2D eigenvalue weighted by atomic mass is 31.2. The quantitative estimate of drug-likeness (QED) is 0.587. The molecule has 2 rings (SSSR count). The summed E-state index contributed by atoms with van der Waals surface area (Å²) in [6.07, 6.45) is -1.89. The summed E-state index contributed by atoms with van der Waals surface area (Å²) < 4.78 is 26.0. The van der Waals surface area contributed by atoms with Crippen LogP contribution in [0, 0.1) is 0 Å². The van der Waals surface area contributed by atoms with Crippen molar-refractivity contribution in [2.24, 2.45) is 0 Å². The first kappa shape index (κ1) is 11.5. The zero-order chi connectivity index (χ0) is 11.5. The molecule has 0 aromatic heterocycles. The number of phosphoric ester groups is 1. The highest BCUT2D eigenvalue weighted by Gasteiger charge is 2.60. The van der Waals surface area contributed by atoms with E-state index in [1.165, 1.54) is 0 Å². The van der Waals surface area contributed by atoms with Crippen LogP contribution in [0.5, 0.6) is 0 Å². The lowest BCUT2D eigenvalue weighted by atomic mass is 9.93. The molecule has 0 aromatic rings. The number of fused-ring (bicyclic) bond motifs is 1. The van der Waals surface area contributed by atoms with E-state index in [1.807, 2.05) is 0 Å². The van der Waals surface area contributed by atoms with Gasteiger partial charge < -0.3 is 23.8 Å². The van der Waals surface area contributed by atoms with E-state index < -0.39 is 31.2 Å². The molecule has 2 saturated heterocycles. The standard InChI is InChI=1S/C8H15O6P/c1-7(2)5(9)6-8(3,14-7)4-12-15(10,11)13-6/h5-6,9H,4H2,1-3H3,(H,10,11)/p-1. The molecule has 2 heterocycles. The van der Waals surface area contributed by atoms with Crippen molar-refractivity contribution in [3.8, 4) is 0 Å². The number of rotatable bonds is 0. The Morgan fingerprint density at radius 2 is 2.07 bits per heavy atom. The van der Waals surface area contributed by atoms with Crippen LogP contribution >= 0.6 is 7.82 Å². The molecular formula is C8H14O6P-. The number of hydrogen-bond acceptors (Lipinski definition) is 6. The lowest BCUT2D eigenvalue weighted by Crippen LogP contribution is -2.49. The Morgan fingerprint density at radius 3 is 2.67 bits per heavy atom. The molecule has 6 nitrogen and oxygen atoms in total. The van der Waals surface area contributed by atoms with Gasteiger partial charge in [-0.15, -0.1) is 0 Å². The third-order valence-corrected chi connectivity index (χ3v) is 3.78. The minimum atomic E-state index is -4.28. The maximum atomic E-state index is 11.1. The van der Waals surface area contributed by atoms with Crippen molar-refractivity contribution in [3.63, 3.8) is 0 Å². The monoisotopic (exact) mass is 237 g/mol. The largest absolute Gasteiger partial charge is 0.756 e. The summed E-state index contributed by atoms with van der Waals surface area (Å²) in [7, 11) is -4.28. The average molecular weight is 237 g/mol. The summed E-state index contributed by atoms with van der Waals surface area (Å²) in [4.78, 5) is 11.1. The van der Waals surface area contributed by atoms with Gasteiger partial charge in [0, 0.05) is 0 Å². The normalized spacial score (nSPS) is 53.9. The fourth-order valence-corrected chi connectivity index (χ4v) is 3.17. The Kier molecular flexibility index (Phi) is 2.33. The first-order chi connectivity index (χ1) is 6.66. The van der Waals surface area contributed by atoms with Crippen molar-refractivity contribution >= 4 is 7.82 Å². The Bertz CT molecular complexity index is 329. The summed E-state index contributed by atoms with van der Waals surface area (Å²) in [6.45, 7) is 4.90. The van der Waals surface area contributed by atoms with Crippen LogP contribution in [0.3, 0.4) is 0 Å². The molecule has 2 fully saturated rings. The van der Waals surface area contributed by atoms with Gasteiger partial charge in [0.2, 0.25) is 0 Å². The molecule has 0 aromatic carbocycles. The lowest BCUT2D eigenvalue weighted by molar-refractivity contribution is -0.256. The first-order valence-corrected chi connectivity index (χ1v) is 6.15. The van der Waals surface area contributed by atoms with Crippen molar-refractivity contribution in [1.82, 2.24) is 0 Å². The lowest BCUT2D eigenvalue weighted by Gasteiger charge is -2.41. The minimum absolute atomic E-state index is 0.126. The number of aliphatic hydroxyl groups excluding tert-OH is 1. The summed E-state index contributed by atoms with van der Waals surface area (Å²) in [5.41, 5.74) is -1.76. The van der Waals surface area contributed by atoms with Gasteiger partial charge in [-0.25, -0.2) is 0 Å². The molecule has 0 bridgehead atoms. The molecule has 0 spiro atoms. The first-order valence-electron chi connectivity index (χ1n) is 4.69. The van der Waals surface area contributed by atoms with Gasteiger partial charge in [-0.2, -0.15) is 0 Å². The van der Waals surface area contributed by atoms with Crippen molar-refractivity contribution < 1.29 is 28.3 Å². The molecule has 4 atom stereocenters. The van der Waals surface area contributed by atoms with Gasteiger partial charge in [0.15, 0.2) is 0 Å². The van der Waals surface area contributed by atoms with Crippen LogP contribution in [0.1, 0.15) is 20.8 Å². The van der Waals surface area contributed by atoms with Crippen LogP contribution in [-0.4, -0.2) is 35.1 Å². The number of aliphatic hydroxyl groups is 1. The average Bonchev–Trinajstić information content (AvgIpc) is 2.23. The molecule has 0 amide bonds. The van der Waals surface area contributed by atoms with E-state index in [9.17, 15) is 14.6 Å². The predicted molar refractivity (Wildman–Crippen MR) is 48.0 cm³/mol. The zero-order valence-corrected chi connectivity index (χ0v) is 9.69. The van der Waals surface area contributed by atoms with Crippen LogP contribution in [0.15, 0.2) is 0 Å². The van der Waals surface area contributed by atoms with E-state index in [-0.39, 0.29) is 6.61 Å². The maximum absolute atomic E-state index is 11.1. The van der Waals surface area contributed by atoms with Gasteiger partial charge in [0.1, 0.15) is 17.8 Å². The van der Waals surface area contributed by atoms with Crippen LogP contribution in [0.4, 0.5) is 0 Å². The van der Waals surface area contributed by atoms with E-state index in [0.717, 1.165) is 0 Å². The second kappa shape index (κ2) is 3.03. The summed E-state index contributed by atoms with van der Waals surface area (Å²) in [5, 5.41) is 9.88. The minimum Gasteiger partial charge on any atom is -0.756 e. The summed E-state index contributed by atoms with van der Waals surface area (Å²) in [6, 6.07) is 0. The Morgan fingerprint density at radius 1 is 1.47 bits per heavy atom. The SMILES string of the molecule is CC1(C)OC2(C)COP(=O)([O-])OC2C1O. The highest BCUT2D eigenvalue weighted by Crippen LogP contribution is 2.53. The maximum Gasteiger partial charge on any atom is 0.268 e. The Balaban J connectivity index is 2.31. The van der Waals surface area contributed by atoms with Gasteiger partial charge >= 0.3 is 0 Å². The van der Waals surface area contributed by atoms with Crippen LogP contribution in [0.2, 0.25) is 0 Å². The Labute approximate surface area is 87.8 Å². The molecule has 88 valence electrons. The van der Waals surface area contributed by atoms with Crippen molar-refractivity contribution in [1.29, 1.82) is 0 Å². The third kappa shape index (κ3) is 1.75. The molecule has 0 radical (unpaired) electrons. The fraction of sp³-hybridized carbons (Fsp3) is 1.00. The van der Waals surface area contributed by atoms with E-state index in [0.29, 0.717) is 0 Å². The van der Waals surface area contributed by atoms with Gasteiger partial charge in [-0.05, 0) is 20.8 Å². The van der Waals surface area contributed by atoms with E-state index in [2.05, 4.69) is 4.52 Å². The van der Waals surface area contributed by atoms with E-state index >= 15 is 0 Å². The molecule has 4 unspecified atom stereocenters. The zero-order valence-electron chi connectivity index (χ0n) is 8.80. The summed E-state index contributed by atoms with van der Waals surface area (Å²) in [5.74, 6) is 0.